The van der Waals surface area contributed by atoms with Gasteiger partial charge in [0, 0.05) is 5.92 Å². The lowest BCUT2D eigenvalue weighted by Crippen LogP contribution is -2.32. The van der Waals surface area contributed by atoms with Crippen LogP contribution in [0, 0.1) is 18.3 Å². The first-order valence-electron chi connectivity index (χ1n) is 5.54. The lowest BCUT2D eigenvalue weighted by Gasteiger charge is -2.07. The maximum absolute atomic E-state index is 11.8. The Bertz CT molecular complexity index is 418. The van der Waals surface area contributed by atoms with Gasteiger partial charge in [0.2, 0.25) is 5.91 Å². The molecule has 16 heavy (non-hydrogen) atoms. The Labute approximate surface area is 96.1 Å². The van der Waals surface area contributed by atoms with Crippen molar-refractivity contribution < 1.29 is 4.79 Å². The molecule has 2 rings (SSSR count). The average molecular weight is 213 g/mol. The summed E-state index contributed by atoms with van der Waals surface area (Å²) in [4.78, 5) is 11.8. The maximum Gasteiger partial charge on any atom is 0.224 e. The van der Waals surface area contributed by atoms with E-state index in [2.05, 4.69) is 23.4 Å². The molecule has 0 bridgehead atoms. The molecule has 2 nitrogen and oxygen atoms in total. The van der Waals surface area contributed by atoms with Crippen molar-refractivity contribution >= 4 is 5.91 Å². The first-order valence-corrected chi connectivity index (χ1v) is 5.54. The number of terminal acetylenes is 1. The van der Waals surface area contributed by atoms with Gasteiger partial charge in [0.25, 0.3) is 0 Å². The van der Waals surface area contributed by atoms with Gasteiger partial charge in [-0.05, 0) is 24.8 Å². The summed E-state index contributed by atoms with van der Waals surface area (Å²) in [6.45, 7) is 1.82. The average Bonchev–Trinajstić information content (AvgIpc) is 3.10. The molecule has 1 aliphatic rings. The van der Waals surface area contributed by atoms with Crippen molar-refractivity contribution in [1.82, 2.24) is 5.32 Å². The maximum atomic E-state index is 11.8. The van der Waals surface area contributed by atoms with E-state index < -0.39 is 0 Å². The van der Waals surface area contributed by atoms with E-state index in [4.69, 9.17) is 6.42 Å². The number of benzene rings is 1. The number of hydrogen-bond acceptors (Lipinski definition) is 1. The highest BCUT2D eigenvalue weighted by molar-refractivity contribution is 5.83. The summed E-state index contributed by atoms with van der Waals surface area (Å²) in [7, 11) is 0. The smallest absolute Gasteiger partial charge is 0.224 e. The second-order valence-electron chi connectivity index (χ2n) is 4.26. The van der Waals surface area contributed by atoms with Crippen LogP contribution in [-0.4, -0.2) is 11.9 Å². The standard InChI is InChI=1S/C14H15NO/c1-3-10(2)15-14(16)13-9-12(13)11-7-5-4-6-8-11/h1,4-8,10,12-13H,9H2,2H3,(H,15,16). The van der Waals surface area contributed by atoms with Crippen LogP contribution >= 0.6 is 0 Å². The molecule has 0 radical (unpaired) electrons. The number of nitrogens with one attached hydrogen (secondary N) is 1. The molecule has 3 unspecified atom stereocenters. The predicted molar refractivity (Wildman–Crippen MR) is 63.7 cm³/mol. The van der Waals surface area contributed by atoms with E-state index in [0.29, 0.717) is 5.92 Å². The van der Waals surface area contributed by atoms with Crippen LogP contribution in [0.1, 0.15) is 24.8 Å². The van der Waals surface area contributed by atoms with Crippen LogP contribution < -0.4 is 5.32 Å². The minimum absolute atomic E-state index is 0.0827. The Kier molecular flexibility index (Phi) is 2.96. The van der Waals surface area contributed by atoms with Crippen LogP contribution in [0.2, 0.25) is 0 Å². The van der Waals surface area contributed by atoms with Gasteiger partial charge in [0.05, 0.1) is 6.04 Å². The highest BCUT2D eigenvalue weighted by Gasteiger charge is 2.43. The zero-order valence-corrected chi connectivity index (χ0v) is 9.31. The van der Waals surface area contributed by atoms with Crippen molar-refractivity contribution in [3.05, 3.63) is 35.9 Å². The molecule has 1 amide bonds. The summed E-state index contributed by atoms with van der Waals surface area (Å²) >= 11 is 0. The van der Waals surface area contributed by atoms with Gasteiger partial charge in [0.1, 0.15) is 0 Å². The van der Waals surface area contributed by atoms with Gasteiger partial charge >= 0.3 is 0 Å². The molecule has 1 aliphatic carbocycles. The first kappa shape index (κ1) is 10.8. The van der Waals surface area contributed by atoms with Crippen LogP contribution in [0.15, 0.2) is 30.3 Å². The summed E-state index contributed by atoms with van der Waals surface area (Å²) in [5.41, 5.74) is 1.25. The Morgan fingerprint density at radius 2 is 2.19 bits per heavy atom. The summed E-state index contributed by atoms with van der Waals surface area (Å²) in [6, 6.07) is 9.97. The molecule has 0 saturated heterocycles. The normalized spacial score (nSPS) is 24.2. The quantitative estimate of drug-likeness (QED) is 0.764. The van der Waals surface area contributed by atoms with E-state index in [-0.39, 0.29) is 17.9 Å². The van der Waals surface area contributed by atoms with Crippen molar-refractivity contribution in [3.63, 3.8) is 0 Å². The van der Waals surface area contributed by atoms with Crippen molar-refractivity contribution in [2.75, 3.05) is 0 Å². The summed E-state index contributed by atoms with van der Waals surface area (Å²) in [5.74, 6) is 3.07. The summed E-state index contributed by atoms with van der Waals surface area (Å²) < 4.78 is 0. The number of carbonyl (C=O) groups excluding carboxylic acids is 1. The molecule has 2 heteroatoms. The third-order valence-corrected chi connectivity index (χ3v) is 2.96. The summed E-state index contributed by atoms with van der Waals surface area (Å²) in [5, 5.41) is 2.82. The van der Waals surface area contributed by atoms with E-state index in [1.165, 1.54) is 5.56 Å². The molecule has 3 atom stereocenters. The van der Waals surface area contributed by atoms with Crippen molar-refractivity contribution in [2.24, 2.45) is 5.92 Å². The van der Waals surface area contributed by atoms with Gasteiger partial charge in [0.15, 0.2) is 0 Å². The molecule has 0 aliphatic heterocycles. The van der Waals surface area contributed by atoms with Gasteiger partial charge in [-0.2, -0.15) is 0 Å². The number of amides is 1. The Balaban J connectivity index is 1.93. The van der Waals surface area contributed by atoms with Crippen LogP contribution in [0.4, 0.5) is 0 Å². The SMILES string of the molecule is C#CC(C)NC(=O)C1CC1c1ccccc1. The Morgan fingerprint density at radius 1 is 1.50 bits per heavy atom. The Hall–Kier alpha value is -1.75. The molecular weight excluding hydrogens is 198 g/mol. The minimum Gasteiger partial charge on any atom is -0.342 e. The molecule has 0 heterocycles. The number of carbonyl (C=O) groups is 1. The predicted octanol–water partition coefficient (Wildman–Crippen LogP) is 1.93. The van der Waals surface area contributed by atoms with E-state index in [1.54, 1.807) is 0 Å². The van der Waals surface area contributed by atoms with Crippen molar-refractivity contribution in [1.29, 1.82) is 0 Å². The topological polar surface area (TPSA) is 29.1 Å². The largest absolute Gasteiger partial charge is 0.342 e. The molecule has 1 fully saturated rings. The van der Waals surface area contributed by atoms with E-state index >= 15 is 0 Å². The van der Waals surface area contributed by atoms with Crippen LogP contribution in [0.25, 0.3) is 0 Å². The summed E-state index contributed by atoms with van der Waals surface area (Å²) in [6.07, 6.45) is 6.16. The molecule has 1 aromatic carbocycles. The van der Waals surface area contributed by atoms with Gasteiger partial charge in [-0.25, -0.2) is 0 Å². The van der Waals surface area contributed by atoms with Crippen molar-refractivity contribution in [2.45, 2.75) is 25.3 Å². The van der Waals surface area contributed by atoms with Gasteiger partial charge in [-0.1, -0.05) is 36.3 Å². The highest BCUT2D eigenvalue weighted by atomic mass is 16.2. The van der Waals surface area contributed by atoms with Crippen LogP contribution in [0.3, 0.4) is 0 Å². The molecule has 1 aromatic rings. The van der Waals surface area contributed by atoms with Crippen LogP contribution in [0.5, 0.6) is 0 Å². The second-order valence-corrected chi connectivity index (χ2v) is 4.26. The van der Waals surface area contributed by atoms with E-state index in [1.807, 2.05) is 25.1 Å². The van der Waals surface area contributed by atoms with Crippen LogP contribution in [-0.2, 0) is 4.79 Å². The van der Waals surface area contributed by atoms with Gasteiger partial charge in [-0.15, -0.1) is 6.42 Å². The first-order chi connectivity index (χ1) is 7.72. The Morgan fingerprint density at radius 3 is 2.81 bits per heavy atom. The number of hydrogen-bond donors (Lipinski definition) is 1. The van der Waals surface area contributed by atoms with Crippen molar-refractivity contribution in [3.8, 4) is 12.3 Å². The highest BCUT2D eigenvalue weighted by Crippen LogP contribution is 2.47. The fraction of sp³-hybridized carbons (Fsp3) is 0.357. The zero-order valence-electron chi connectivity index (χ0n) is 9.31. The van der Waals surface area contributed by atoms with E-state index in [0.717, 1.165) is 6.42 Å². The molecule has 82 valence electrons. The molecule has 1 saturated carbocycles. The van der Waals surface area contributed by atoms with E-state index in [9.17, 15) is 4.79 Å². The minimum atomic E-state index is -0.176. The molecular formula is C14H15NO. The fourth-order valence-corrected chi connectivity index (χ4v) is 1.92. The zero-order chi connectivity index (χ0) is 11.5. The molecule has 0 aromatic heterocycles. The fourth-order valence-electron chi connectivity index (χ4n) is 1.92. The van der Waals surface area contributed by atoms with Gasteiger partial charge in [-0.3, -0.25) is 4.79 Å². The monoisotopic (exact) mass is 213 g/mol. The third-order valence-electron chi connectivity index (χ3n) is 2.96. The second kappa shape index (κ2) is 4.40. The number of rotatable bonds is 3. The molecule has 1 N–H and O–H groups in total. The third kappa shape index (κ3) is 2.25. The lowest BCUT2D eigenvalue weighted by atomic mass is 10.1. The van der Waals surface area contributed by atoms with Gasteiger partial charge < -0.3 is 5.32 Å². The lowest BCUT2D eigenvalue weighted by molar-refractivity contribution is -0.122. The molecule has 0 spiro atoms.